The van der Waals surface area contributed by atoms with Crippen molar-refractivity contribution < 1.29 is 0 Å². The van der Waals surface area contributed by atoms with Crippen LogP contribution in [0.5, 0.6) is 0 Å². The average molecular weight is 351 g/mol. The Kier molecular flexibility index (Phi) is 4.29. The molecule has 0 heterocycles. The first kappa shape index (κ1) is 16.4. The summed E-state index contributed by atoms with van der Waals surface area (Å²) >= 11 is 0. The third-order valence-electron chi connectivity index (χ3n) is 5.96. The van der Waals surface area contributed by atoms with E-state index in [-0.39, 0.29) is 0 Å². The lowest BCUT2D eigenvalue weighted by Gasteiger charge is -2.36. The average Bonchev–Trinajstić information content (AvgIpc) is 2.74. The largest absolute Gasteiger partial charge is 0.338 e. The number of nitrogens with zero attached hydrogens (tertiary/aromatic N) is 1. The van der Waals surface area contributed by atoms with E-state index in [4.69, 9.17) is 0 Å². The Hall–Kier alpha value is -2.80. The minimum Gasteiger partial charge on any atom is -0.338 e. The van der Waals surface area contributed by atoms with Gasteiger partial charge in [-0.1, -0.05) is 79.9 Å². The van der Waals surface area contributed by atoms with Gasteiger partial charge in [0.2, 0.25) is 0 Å². The van der Waals surface area contributed by atoms with Crippen molar-refractivity contribution in [2.75, 3.05) is 4.90 Å². The molecule has 27 heavy (non-hydrogen) atoms. The quantitative estimate of drug-likeness (QED) is 0.370. The van der Waals surface area contributed by atoms with E-state index in [1.54, 1.807) is 0 Å². The maximum absolute atomic E-state index is 2.60. The number of rotatable bonds is 3. The first-order valence-electron chi connectivity index (χ1n) is 10.2. The van der Waals surface area contributed by atoms with Crippen LogP contribution in [0.2, 0.25) is 0 Å². The molecule has 1 nitrogen and oxygen atoms in total. The van der Waals surface area contributed by atoms with Crippen molar-refractivity contribution in [3.63, 3.8) is 0 Å². The number of hydrogen-bond donors (Lipinski definition) is 0. The molecule has 0 unspecified atom stereocenters. The Balaban J connectivity index is 1.64. The molecule has 4 aromatic carbocycles. The van der Waals surface area contributed by atoms with Crippen LogP contribution in [0.25, 0.3) is 21.5 Å². The van der Waals surface area contributed by atoms with E-state index in [9.17, 15) is 0 Å². The van der Waals surface area contributed by atoms with Crippen LogP contribution >= 0.6 is 0 Å². The van der Waals surface area contributed by atoms with E-state index < -0.39 is 0 Å². The molecule has 1 heteroatoms. The lowest BCUT2D eigenvalue weighted by Crippen LogP contribution is -2.32. The second kappa shape index (κ2) is 7.08. The van der Waals surface area contributed by atoms with Crippen LogP contribution in [0.4, 0.5) is 11.4 Å². The van der Waals surface area contributed by atoms with Crippen molar-refractivity contribution in [2.45, 2.75) is 38.1 Å². The molecular formula is C26H25N. The Morgan fingerprint density at radius 3 is 1.52 bits per heavy atom. The van der Waals surface area contributed by atoms with Gasteiger partial charge in [-0.05, 0) is 58.7 Å². The normalized spacial score (nSPS) is 15.3. The highest BCUT2D eigenvalue weighted by Crippen LogP contribution is 2.36. The molecule has 0 aliphatic heterocycles. The van der Waals surface area contributed by atoms with Crippen molar-refractivity contribution in [2.24, 2.45) is 0 Å². The molecule has 4 aromatic rings. The van der Waals surface area contributed by atoms with Gasteiger partial charge >= 0.3 is 0 Å². The van der Waals surface area contributed by atoms with E-state index in [2.05, 4.69) is 89.8 Å². The fourth-order valence-electron chi connectivity index (χ4n) is 4.56. The van der Waals surface area contributed by atoms with Gasteiger partial charge in [0.1, 0.15) is 0 Å². The molecule has 1 fully saturated rings. The molecule has 0 radical (unpaired) electrons. The molecule has 0 atom stereocenters. The monoisotopic (exact) mass is 351 g/mol. The molecule has 5 rings (SSSR count). The van der Waals surface area contributed by atoms with E-state index >= 15 is 0 Å². The highest BCUT2D eigenvalue weighted by atomic mass is 15.2. The lowest BCUT2D eigenvalue weighted by molar-refractivity contribution is 0.436. The van der Waals surface area contributed by atoms with E-state index in [0.717, 1.165) is 0 Å². The van der Waals surface area contributed by atoms with Gasteiger partial charge in [0.15, 0.2) is 0 Å². The number of anilines is 2. The topological polar surface area (TPSA) is 3.24 Å². The smallest absolute Gasteiger partial charge is 0.0419 e. The summed E-state index contributed by atoms with van der Waals surface area (Å²) in [5, 5.41) is 5.25. The van der Waals surface area contributed by atoms with Crippen LogP contribution in [0.1, 0.15) is 32.1 Å². The van der Waals surface area contributed by atoms with Gasteiger partial charge in [-0.15, -0.1) is 0 Å². The fraction of sp³-hybridized carbons (Fsp3) is 0.231. The molecule has 1 saturated carbocycles. The van der Waals surface area contributed by atoms with E-state index in [1.165, 1.54) is 65.0 Å². The van der Waals surface area contributed by atoms with Crippen LogP contribution in [0.15, 0.2) is 84.9 Å². The minimum atomic E-state index is 0.584. The summed E-state index contributed by atoms with van der Waals surface area (Å²) in [6.07, 6.45) is 6.60. The summed E-state index contributed by atoms with van der Waals surface area (Å²) in [5.41, 5.74) is 2.63. The molecule has 0 amide bonds. The van der Waals surface area contributed by atoms with Gasteiger partial charge in [0.25, 0.3) is 0 Å². The summed E-state index contributed by atoms with van der Waals surface area (Å²) in [4.78, 5) is 2.60. The molecule has 0 bridgehead atoms. The Bertz CT molecular complexity index is 996. The van der Waals surface area contributed by atoms with E-state index in [0.29, 0.717) is 6.04 Å². The van der Waals surface area contributed by atoms with Crippen LogP contribution < -0.4 is 4.90 Å². The second-order valence-electron chi connectivity index (χ2n) is 7.72. The number of fused-ring (bicyclic) bond motifs is 2. The van der Waals surface area contributed by atoms with Crippen molar-refractivity contribution >= 4 is 32.9 Å². The Morgan fingerprint density at radius 2 is 1.00 bits per heavy atom. The molecule has 1 aliphatic rings. The predicted octanol–water partition coefficient (Wildman–Crippen LogP) is 7.46. The number of hydrogen-bond acceptors (Lipinski definition) is 1. The molecule has 0 saturated heterocycles. The van der Waals surface area contributed by atoms with Crippen molar-refractivity contribution in [3.05, 3.63) is 84.9 Å². The summed E-state index contributed by atoms with van der Waals surface area (Å²) < 4.78 is 0. The maximum Gasteiger partial charge on any atom is 0.0419 e. The van der Waals surface area contributed by atoms with Crippen molar-refractivity contribution in [1.82, 2.24) is 0 Å². The first-order chi connectivity index (χ1) is 13.4. The van der Waals surface area contributed by atoms with Crippen LogP contribution in [-0.4, -0.2) is 6.04 Å². The summed E-state index contributed by atoms with van der Waals surface area (Å²) in [5.74, 6) is 0. The van der Waals surface area contributed by atoms with E-state index in [1.807, 2.05) is 0 Å². The molecule has 0 aromatic heterocycles. The third kappa shape index (κ3) is 3.19. The maximum atomic E-state index is 2.60. The standard InChI is InChI=1S/C26H25N/c1-2-12-24(13-3-1)27(25-16-14-20-8-4-6-10-22(20)18-25)26-17-15-21-9-5-7-11-23(21)19-26/h4-11,14-19,24H,1-3,12-13H2. The van der Waals surface area contributed by atoms with Crippen LogP contribution in [0, 0.1) is 0 Å². The summed E-state index contributed by atoms with van der Waals surface area (Å²) in [6, 6.07) is 31.8. The third-order valence-corrected chi connectivity index (χ3v) is 5.96. The minimum absolute atomic E-state index is 0.584. The predicted molar refractivity (Wildman–Crippen MR) is 117 cm³/mol. The van der Waals surface area contributed by atoms with Gasteiger partial charge in [-0.25, -0.2) is 0 Å². The molecular weight excluding hydrogens is 326 g/mol. The Morgan fingerprint density at radius 1 is 0.519 bits per heavy atom. The van der Waals surface area contributed by atoms with Crippen LogP contribution in [-0.2, 0) is 0 Å². The fourth-order valence-corrected chi connectivity index (χ4v) is 4.56. The molecule has 0 spiro atoms. The highest BCUT2D eigenvalue weighted by molar-refractivity contribution is 5.90. The molecule has 134 valence electrons. The zero-order chi connectivity index (χ0) is 18.1. The molecule has 1 aliphatic carbocycles. The summed E-state index contributed by atoms with van der Waals surface area (Å²) in [6.45, 7) is 0. The van der Waals surface area contributed by atoms with Gasteiger partial charge < -0.3 is 4.90 Å². The van der Waals surface area contributed by atoms with Gasteiger partial charge in [-0.3, -0.25) is 0 Å². The van der Waals surface area contributed by atoms with Crippen molar-refractivity contribution in [1.29, 1.82) is 0 Å². The number of benzene rings is 4. The zero-order valence-corrected chi connectivity index (χ0v) is 15.6. The highest BCUT2D eigenvalue weighted by Gasteiger charge is 2.23. The zero-order valence-electron chi connectivity index (χ0n) is 15.6. The van der Waals surface area contributed by atoms with Crippen molar-refractivity contribution in [3.8, 4) is 0 Å². The Labute approximate surface area is 161 Å². The second-order valence-corrected chi connectivity index (χ2v) is 7.72. The molecule has 0 N–H and O–H groups in total. The van der Waals surface area contributed by atoms with Gasteiger partial charge in [-0.2, -0.15) is 0 Å². The van der Waals surface area contributed by atoms with Crippen LogP contribution in [0.3, 0.4) is 0 Å². The van der Waals surface area contributed by atoms with Gasteiger partial charge in [0, 0.05) is 17.4 Å². The van der Waals surface area contributed by atoms with Gasteiger partial charge in [0.05, 0.1) is 0 Å². The summed E-state index contributed by atoms with van der Waals surface area (Å²) in [7, 11) is 0. The SMILES string of the molecule is c1ccc2cc(N(c3ccc4ccccc4c3)C3CCCCC3)ccc2c1. The lowest BCUT2D eigenvalue weighted by atomic mass is 9.93. The first-order valence-corrected chi connectivity index (χ1v) is 10.2.